The third-order valence-corrected chi connectivity index (χ3v) is 5.07. The van der Waals surface area contributed by atoms with E-state index in [1.807, 2.05) is 12.1 Å². The third kappa shape index (κ3) is 2.66. The average molecular weight is 286 g/mol. The highest BCUT2D eigenvalue weighted by atomic mass is 16.2. The van der Waals surface area contributed by atoms with Crippen LogP contribution in [0.1, 0.15) is 57.9 Å². The molecule has 1 amide bonds. The zero-order valence-electron chi connectivity index (χ0n) is 13.3. The van der Waals surface area contributed by atoms with Crippen LogP contribution < -0.4 is 5.32 Å². The van der Waals surface area contributed by atoms with Gasteiger partial charge >= 0.3 is 0 Å². The van der Waals surface area contributed by atoms with Gasteiger partial charge in [-0.1, -0.05) is 18.2 Å². The number of nitrogens with zero attached hydrogens (tertiary/aromatic N) is 1. The Morgan fingerprint density at radius 1 is 1.14 bits per heavy atom. The summed E-state index contributed by atoms with van der Waals surface area (Å²) in [6, 6.07) is 9.38. The van der Waals surface area contributed by atoms with Crippen LogP contribution >= 0.6 is 0 Å². The van der Waals surface area contributed by atoms with Gasteiger partial charge in [0, 0.05) is 23.8 Å². The van der Waals surface area contributed by atoms with E-state index in [-0.39, 0.29) is 5.92 Å². The molecule has 2 aliphatic rings. The van der Waals surface area contributed by atoms with Crippen LogP contribution in [-0.2, 0) is 4.79 Å². The smallest absolute Gasteiger partial charge is 0.230 e. The van der Waals surface area contributed by atoms with Crippen LogP contribution in [0.3, 0.4) is 0 Å². The SMILES string of the molecule is CC1CC(C(=O)N2[C@H](C)CCC[C@@H]2C)c2ccccc2N1. The van der Waals surface area contributed by atoms with Gasteiger partial charge in [0.05, 0.1) is 5.92 Å². The monoisotopic (exact) mass is 286 g/mol. The summed E-state index contributed by atoms with van der Waals surface area (Å²) in [5, 5.41) is 3.50. The second-order valence-electron chi connectivity index (χ2n) is 6.80. The minimum atomic E-state index is 0.0143. The lowest BCUT2D eigenvalue weighted by molar-refractivity contribution is -0.139. The molecule has 4 atom stereocenters. The third-order valence-electron chi connectivity index (χ3n) is 5.07. The Morgan fingerprint density at radius 3 is 2.52 bits per heavy atom. The second kappa shape index (κ2) is 5.70. The van der Waals surface area contributed by atoms with Gasteiger partial charge in [-0.05, 0) is 58.1 Å². The number of nitrogens with one attached hydrogen (secondary N) is 1. The number of para-hydroxylation sites is 1. The molecule has 0 spiro atoms. The quantitative estimate of drug-likeness (QED) is 0.852. The molecule has 1 aromatic carbocycles. The van der Waals surface area contributed by atoms with Crippen LogP contribution in [0.25, 0.3) is 0 Å². The maximum Gasteiger partial charge on any atom is 0.230 e. The van der Waals surface area contributed by atoms with Gasteiger partial charge in [-0.2, -0.15) is 0 Å². The molecule has 0 bridgehead atoms. The number of hydrogen-bond acceptors (Lipinski definition) is 2. The van der Waals surface area contributed by atoms with Crippen molar-refractivity contribution >= 4 is 11.6 Å². The first-order valence-electron chi connectivity index (χ1n) is 8.25. The molecule has 0 radical (unpaired) electrons. The van der Waals surface area contributed by atoms with E-state index in [9.17, 15) is 4.79 Å². The highest BCUT2D eigenvalue weighted by Crippen LogP contribution is 2.37. The van der Waals surface area contributed by atoms with Gasteiger partial charge in [-0.15, -0.1) is 0 Å². The van der Waals surface area contributed by atoms with Gasteiger partial charge in [0.1, 0.15) is 0 Å². The largest absolute Gasteiger partial charge is 0.382 e. The molecule has 3 rings (SSSR count). The summed E-state index contributed by atoms with van der Waals surface area (Å²) in [6.45, 7) is 6.56. The Balaban J connectivity index is 1.90. The molecule has 2 aliphatic heterocycles. The molecule has 1 saturated heterocycles. The molecule has 114 valence electrons. The van der Waals surface area contributed by atoms with Crippen molar-refractivity contribution in [3.8, 4) is 0 Å². The number of carbonyl (C=O) groups excluding carboxylic acids is 1. The van der Waals surface area contributed by atoms with Gasteiger partial charge in [0.2, 0.25) is 5.91 Å². The number of fused-ring (bicyclic) bond motifs is 1. The summed E-state index contributed by atoms with van der Waals surface area (Å²) in [6.07, 6.45) is 4.41. The van der Waals surface area contributed by atoms with Crippen molar-refractivity contribution in [1.29, 1.82) is 0 Å². The van der Waals surface area contributed by atoms with E-state index in [1.165, 1.54) is 12.0 Å². The lowest BCUT2D eigenvalue weighted by Gasteiger charge is -2.42. The Bertz CT molecular complexity index is 518. The van der Waals surface area contributed by atoms with E-state index < -0.39 is 0 Å². The predicted molar refractivity (Wildman–Crippen MR) is 86.5 cm³/mol. The van der Waals surface area contributed by atoms with Crippen LogP contribution in [0.2, 0.25) is 0 Å². The predicted octanol–water partition coefficient (Wildman–Crippen LogP) is 3.76. The van der Waals surface area contributed by atoms with Gasteiger partial charge in [-0.25, -0.2) is 0 Å². The van der Waals surface area contributed by atoms with E-state index in [0.717, 1.165) is 24.9 Å². The molecule has 2 heterocycles. The summed E-state index contributed by atoms with van der Waals surface area (Å²) in [5.41, 5.74) is 2.30. The van der Waals surface area contributed by atoms with E-state index in [4.69, 9.17) is 0 Å². The number of hydrogen-bond donors (Lipinski definition) is 1. The zero-order valence-corrected chi connectivity index (χ0v) is 13.3. The fraction of sp³-hybridized carbons (Fsp3) is 0.611. The summed E-state index contributed by atoms with van der Waals surface area (Å²) < 4.78 is 0. The van der Waals surface area contributed by atoms with E-state index >= 15 is 0 Å². The fourth-order valence-electron chi connectivity index (χ4n) is 4.01. The second-order valence-corrected chi connectivity index (χ2v) is 6.80. The van der Waals surface area contributed by atoms with Gasteiger partial charge in [0.25, 0.3) is 0 Å². The van der Waals surface area contributed by atoms with Gasteiger partial charge in [-0.3, -0.25) is 4.79 Å². The van der Waals surface area contributed by atoms with Crippen LogP contribution in [-0.4, -0.2) is 28.9 Å². The minimum absolute atomic E-state index is 0.0143. The molecule has 1 aromatic rings. The van der Waals surface area contributed by atoms with Crippen LogP contribution in [0, 0.1) is 0 Å². The molecule has 0 aliphatic carbocycles. The first-order valence-corrected chi connectivity index (χ1v) is 8.25. The number of rotatable bonds is 1. The topological polar surface area (TPSA) is 32.3 Å². The maximum absolute atomic E-state index is 13.2. The van der Waals surface area contributed by atoms with Crippen LogP contribution in [0.15, 0.2) is 24.3 Å². The first-order chi connectivity index (χ1) is 10.1. The standard InChI is InChI=1S/C18H26N2O/c1-12-11-16(15-9-4-5-10-17(15)19-12)18(21)20-13(2)7-6-8-14(20)3/h4-5,9-10,12-14,16,19H,6-8,11H2,1-3H3/t12?,13-,14+,16?. The molecule has 3 nitrogen and oxygen atoms in total. The average Bonchev–Trinajstić information content (AvgIpc) is 2.46. The van der Waals surface area contributed by atoms with E-state index in [1.54, 1.807) is 0 Å². The number of amides is 1. The lowest BCUT2D eigenvalue weighted by atomic mass is 9.84. The Labute approximate surface area is 127 Å². The van der Waals surface area contributed by atoms with Gasteiger partial charge < -0.3 is 10.2 Å². The van der Waals surface area contributed by atoms with E-state index in [2.05, 4.69) is 43.1 Å². The number of carbonyl (C=O) groups is 1. The highest BCUT2D eigenvalue weighted by Gasteiger charge is 2.37. The molecule has 0 saturated carbocycles. The van der Waals surface area contributed by atoms with Crippen molar-refractivity contribution in [3.63, 3.8) is 0 Å². The Kier molecular flexibility index (Phi) is 3.92. The van der Waals surface area contributed by atoms with Crippen molar-refractivity contribution in [3.05, 3.63) is 29.8 Å². The van der Waals surface area contributed by atoms with Crippen molar-refractivity contribution in [1.82, 2.24) is 4.90 Å². The summed E-state index contributed by atoms with van der Waals surface area (Å²) in [7, 11) is 0. The van der Waals surface area contributed by atoms with Crippen LogP contribution in [0.4, 0.5) is 5.69 Å². The number of likely N-dealkylation sites (tertiary alicyclic amines) is 1. The molecule has 1 N–H and O–H groups in total. The minimum Gasteiger partial charge on any atom is -0.382 e. The highest BCUT2D eigenvalue weighted by molar-refractivity contribution is 5.87. The molecule has 1 fully saturated rings. The fourth-order valence-corrected chi connectivity index (χ4v) is 4.01. The molecule has 0 aromatic heterocycles. The Hall–Kier alpha value is -1.51. The molecular formula is C18H26N2O. The van der Waals surface area contributed by atoms with Crippen molar-refractivity contribution in [2.75, 3.05) is 5.32 Å². The summed E-state index contributed by atoms with van der Waals surface area (Å²) in [4.78, 5) is 15.3. The van der Waals surface area contributed by atoms with Crippen LogP contribution in [0.5, 0.6) is 0 Å². The normalized spacial score (nSPS) is 32.2. The number of anilines is 1. The molecule has 21 heavy (non-hydrogen) atoms. The zero-order chi connectivity index (χ0) is 15.0. The maximum atomic E-state index is 13.2. The van der Waals surface area contributed by atoms with Gasteiger partial charge in [0.15, 0.2) is 0 Å². The lowest BCUT2D eigenvalue weighted by Crippen LogP contribution is -2.50. The van der Waals surface area contributed by atoms with Crippen molar-refractivity contribution in [2.45, 2.75) is 70.5 Å². The summed E-state index contributed by atoms with van der Waals surface area (Å²) >= 11 is 0. The first kappa shape index (κ1) is 14.4. The number of benzene rings is 1. The molecule has 3 heteroatoms. The van der Waals surface area contributed by atoms with Crippen molar-refractivity contribution in [2.24, 2.45) is 0 Å². The van der Waals surface area contributed by atoms with E-state index in [0.29, 0.717) is 24.0 Å². The van der Waals surface area contributed by atoms with Crippen molar-refractivity contribution < 1.29 is 4.79 Å². The number of piperidine rings is 1. The Morgan fingerprint density at radius 2 is 1.81 bits per heavy atom. The molecular weight excluding hydrogens is 260 g/mol. The summed E-state index contributed by atoms with van der Waals surface area (Å²) in [5.74, 6) is 0.343. The molecule has 2 unspecified atom stereocenters.